The van der Waals surface area contributed by atoms with Gasteiger partial charge in [-0.15, -0.1) is 0 Å². The van der Waals surface area contributed by atoms with Crippen LogP contribution in [0.4, 0.5) is 0 Å². The van der Waals surface area contributed by atoms with E-state index in [1.165, 1.54) is 19.4 Å². The second-order valence-corrected chi connectivity index (χ2v) is 2.84. The van der Waals surface area contributed by atoms with Crippen molar-refractivity contribution < 1.29 is 9.90 Å². The molecule has 3 nitrogen and oxygen atoms in total. The lowest BCUT2D eigenvalue weighted by Gasteiger charge is -2.16. The fraction of sp³-hybridized carbons (Fsp3) is 0.833. The van der Waals surface area contributed by atoms with Crippen LogP contribution in [-0.2, 0) is 4.79 Å². The summed E-state index contributed by atoms with van der Waals surface area (Å²) < 4.78 is 0. The van der Waals surface area contributed by atoms with E-state index >= 15 is 0 Å². The maximum Gasteiger partial charge on any atom is 0.290 e. The summed E-state index contributed by atoms with van der Waals surface area (Å²) in [7, 11) is 0. The molecule has 0 aromatic carbocycles. The lowest BCUT2D eigenvalue weighted by molar-refractivity contribution is -0.122. The van der Waals surface area contributed by atoms with Crippen LogP contribution in [0.25, 0.3) is 0 Å². The summed E-state index contributed by atoms with van der Waals surface area (Å²) in [5.74, 6) is 0. The quantitative estimate of drug-likeness (QED) is 0.357. The standard InChI is InChI=1S/C5H11NS.CH2O2/c7-5-2-1-3-6-4-5;2-1-3/h5-7H,1-4H2;1H,(H,2,3). The Labute approximate surface area is 66.2 Å². The summed E-state index contributed by atoms with van der Waals surface area (Å²) in [6.07, 6.45) is 2.59. The molecule has 1 fully saturated rings. The van der Waals surface area contributed by atoms with Crippen LogP contribution in [-0.4, -0.2) is 29.9 Å². The lowest BCUT2D eigenvalue weighted by Crippen LogP contribution is -2.29. The predicted molar refractivity (Wildman–Crippen MR) is 43.6 cm³/mol. The van der Waals surface area contributed by atoms with Crippen LogP contribution in [0.5, 0.6) is 0 Å². The van der Waals surface area contributed by atoms with E-state index in [0.717, 1.165) is 6.54 Å². The van der Waals surface area contributed by atoms with E-state index in [4.69, 9.17) is 9.90 Å². The third kappa shape index (κ3) is 5.91. The summed E-state index contributed by atoms with van der Waals surface area (Å²) in [5.41, 5.74) is 0. The van der Waals surface area contributed by atoms with Gasteiger partial charge in [-0.1, -0.05) is 0 Å². The fourth-order valence-electron chi connectivity index (χ4n) is 0.833. The van der Waals surface area contributed by atoms with Crippen molar-refractivity contribution in [3.05, 3.63) is 0 Å². The molecule has 1 aliphatic heterocycles. The first-order valence-corrected chi connectivity index (χ1v) is 3.79. The van der Waals surface area contributed by atoms with Crippen molar-refractivity contribution in [2.75, 3.05) is 13.1 Å². The van der Waals surface area contributed by atoms with Gasteiger partial charge in [0.15, 0.2) is 0 Å². The molecule has 0 bridgehead atoms. The molecule has 0 saturated carbocycles. The highest BCUT2D eigenvalue weighted by Gasteiger charge is 2.05. The maximum absolute atomic E-state index is 8.36. The monoisotopic (exact) mass is 163 g/mol. The van der Waals surface area contributed by atoms with Gasteiger partial charge in [0, 0.05) is 11.8 Å². The van der Waals surface area contributed by atoms with E-state index in [-0.39, 0.29) is 6.47 Å². The van der Waals surface area contributed by atoms with Crippen LogP contribution in [0.3, 0.4) is 0 Å². The van der Waals surface area contributed by atoms with Gasteiger partial charge in [0.2, 0.25) is 0 Å². The Kier molecular flexibility index (Phi) is 6.74. The van der Waals surface area contributed by atoms with Gasteiger partial charge in [-0.05, 0) is 19.4 Å². The number of hydrogen-bond donors (Lipinski definition) is 3. The van der Waals surface area contributed by atoms with Crippen molar-refractivity contribution >= 4 is 19.1 Å². The first-order valence-electron chi connectivity index (χ1n) is 3.28. The van der Waals surface area contributed by atoms with E-state index in [0.29, 0.717) is 5.25 Å². The Bertz CT molecular complexity index is 83.8. The predicted octanol–water partition coefficient (Wildman–Crippen LogP) is 0.369. The van der Waals surface area contributed by atoms with E-state index in [1.807, 2.05) is 0 Å². The molecule has 1 saturated heterocycles. The molecule has 0 aliphatic carbocycles. The zero-order valence-electron chi connectivity index (χ0n) is 5.79. The van der Waals surface area contributed by atoms with E-state index in [1.54, 1.807) is 0 Å². The molecule has 1 atom stereocenters. The van der Waals surface area contributed by atoms with Gasteiger partial charge in [-0.25, -0.2) is 0 Å². The topological polar surface area (TPSA) is 49.3 Å². The Balaban J connectivity index is 0.000000236. The van der Waals surface area contributed by atoms with Gasteiger partial charge >= 0.3 is 0 Å². The molecule has 0 aromatic rings. The molecule has 0 radical (unpaired) electrons. The highest BCUT2D eigenvalue weighted by atomic mass is 32.1. The molecule has 4 heteroatoms. The van der Waals surface area contributed by atoms with Gasteiger partial charge in [-0.2, -0.15) is 12.6 Å². The molecule has 0 aromatic heterocycles. The molecule has 1 rings (SSSR count). The van der Waals surface area contributed by atoms with Gasteiger partial charge in [0.1, 0.15) is 0 Å². The minimum absolute atomic E-state index is 0.250. The van der Waals surface area contributed by atoms with E-state index < -0.39 is 0 Å². The highest BCUT2D eigenvalue weighted by Crippen LogP contribution is 2.06. The van der Waals surface area contributed by atoms with Crippen LogP contribution in [0.15, 0.2) is 0 Å². The highest BCUT2D eigenvalue weighted by molar-refractivity contribution is 7.81. The van der Waals surface area contributed by atoms with Gasteiger partial charge in [-0.3, -0.25) is 4.79 Å². The minimum atomic E-state index is -0.250. The Hall–Kier alpha value is -0.220. The number of carboxylic acid groups (broad SMARTS) is 1. The maximum atomic E-state index is 8.36. The van der Waals surface area contributed by atoms with Gasteiger partial charge in [0.05, 0.1) is 0 Å². The summed E-state index contributed by atoms with van der Waals surface area (Å²) >= 11 is 4.30. The lowest BCUT2D eigenvalue weighted by atomic mass is 10.2. The van der Waals surface area contributed by atoms with E-state index in [9.17, 15) is 0 Å². The fourth-order valence-corrected chi connectivity index (χ4v) is 1.15. The molecule has 60 valence electrons. The average Bonchev–Trinajstić information content (AvgIpc) is 1.91. The third-order valence-corrected chi connectivity index (χ3v) is 1.71. The zero-order valence-corrected chi connectivity index (χ0v) is 6.68. The van der Waals surface area contributed by atoms with Gasteiger partial charge < -0.3 is 10.4 Å². The second-order valence-electron chi connectivity index (χ2n) is 2.11. The SMILES string of the molecule is O=CO.SC1CCCNC1. The van der Waals surface area contributed by atoms with Crippen molar-refractivity contribution in [3.8, 4) is 0 Å². The van der Waals surface area contributed by atoms with E-state index in [2.05, 4.69) is 17.9 Å². The largest absolute Gasteiger partial charge is 0.483 e. The molecule has 1 heterocycles. The van der Waals surface area contributed by atoms with Crippen molar-refractivity contribution in [2.45, 2.75) is 18.1 Å². The number of rotatable bonds is 0. The molecule has 0 amide bonds. The number of carbonyl (C=O) groups is 1. The molecule has 10 heavy (non-hydrogen) atoms. The van der Waals surface area contributed by atoms with Crippen molar-refractivity contribution in [3.63, 3.8) is 0 Å². The summed E-state index contributed by atoms with van der Waals surface area (Å²) in [6, 6.07) is 0. The molecule has 2 N–H and O–H groups in total. The second kappa shape index (κ2) is 6.89. The Morgan fingerprint density at radius 2 is 2.30 bits per heavy atom. The number of hydrogen-bond acceptors (Lipinski definition) is 3. The molecular formula is C6H13NO2S. The van der Waals surface area contributed by atoms with Crippen LogP contribution >= 0.6 is 12.6 Å². The Morgan fingerprint density at radius 1 is 1.70 bits per heavy atom. The van der Waals surface area contributed by atoms with Crippen LogP contribution < -0.4 is 5.32 Å². The molecular weight excluding hydrogens is 150 g/mol. The smallest absolute Gasteiger partial charge is 0.290 e. The zero-order chi connectivity index (χ0) is 7.82. The molecule has 0 spiro atoms. The normalized spacial score (nSPS) is 24.3. The number of thiol groups is 1. The first-order chi connectivity index (χ1) is 4.81. The van der Waals surface area contributed by atoms with Crippen LogP contribution in [0.1, 0.15) is 12.8 Å². The average molecular weight is 163 g/mol. The van der Waals surface area contributed by atoms with Gasteiger partial charge in [0.25, 0.3) is 6.47 Å². The van der Waals surface area contributed by atoms with Crippen molar-refractivity contribution in [1.82, 2.24) is 5.32 Å². The summed E-state index contributed by atoms with van der Waals surface area (Å²) in [5, 5.41) is 10.8. The summed E-state index contributed by atoms with van der Waals surface area (Å²) in [6.45, 7) is 2.04. The first kappa shape index (κ1) is 9.78. The summed E-state index contributed by atoms with van der Waals surface area (Å²) in [4.78, 5) is 8.36. The number of piperidine rings is 1. The molecule has 1 unspecified atom stereocenters. The minimum Gasteiger partial charge on any atom is -0.483 e. The molecule has 1 aliphatic rings. The number of nitrogens with one attached hydrogen (secondary N) is 1. The van der Waals surface area contributed by atoms with Crippen molar-refractivity contribution in [2.24, 2.45) is 0 Å². The van der Waals surface area contributed by atoms with Crippen LogP contribution in [0.2, 0.25) is 0 Å². The third-order valence-electron chi connectivity index (χ3n) is 1.27. The van der Waals surface area contributed by atoms with Crippen LogP contribution in [0, 0.1) is 0 Å². The Morgan fingerprint density at radius 3 is 2.50 bits per heavy atom. The van der Waals surface area contributed by atoms with Crippen molar-refractivity contribution in [1.29, 1.82) is 0 Å².